The van der Waals surface area contributed by atoms with Crippen LogP contribution in [0.25, 0.3) is 6.08 Å². The van der Waals surface area contributed by atoms with Crippen molar-refractivity contribution >= 4 is 6.08 Å². The van der Waals surface area contributed by atoms with Gasteiger partial charge in [-0.25, -0.2) is 0 Å². The Morgan fingerprint density at radius 2 is 1.95 bits per heavy atom. The van der Waals surface area contributed by atoms with Crippen LogP contribution in [0, 0.1) is 4.91 Å². The minimum atomic E-state index is 0. The molecule has 0 aliphatic carbocycles. The van der Waals surface area contributed by atoms with Crippen LogP contribution in [0.15, 0.2) is 60.0 Å². The highest BCUT2D eigenvalue weighted by Gasteiger charge is 2.02. The van der Waals surface area contributed by atoms with E-state index in [1.54, 1.807) is 12.3 Å². The normalized spacial score (nSPS) is 9.89. The third-order valence-corrected chi connectivity index (χ3v) is 2.37. The third-order valence-electron chi connectivity index (χ3n) is 2.37. The molecule has 0 saturated carbocycles. The summed E-state index contributed by atoms with van der Waals surface area (Å²) in [5.41, 5.74) is 1.97. The molecule has 5 nitrogen and oxygen atoms in total. The summed E-state index contributed by atoms with van der Waals surface area (Å²) in [4.78, 5) is 12.9. The van der Waals surface area contributed by atoms with Gasteiger partial charge in [0.1, 0.15) is 6.61 Å². The fourth-order valence-electron chi connectivity index (χ4n) is 1.47. The molecular weight excluding hydrogens is 244 g/mol. The van der Waals surface area contributed by atoms with Gasteiger partial charge in [0.2, 0.25) is 0 Å². The summed E-state index contributed by atoms with van der Waals surface area (Å²) in [6, 6.07) is 13.6. The number of aromatic amines is 1. The van der Waals surface area contributed by atoms with E-state index in [9.17, 15) is 4.91 Å². The van der Waals surface area contributed by atoms with Crippen molar-refractivity contribution < 1.29 is 15.2 Å². The second-order valence-electron chi connectivity index (χ2n) is 3.68. The molecule has 0 unspecified atom stereocenters. The second kappa shape index (κ2) is 7.73. The fourth-order valence-corrected chi connectivity index (χ4v) is 1.47. The van der Waals surface area contributed by atoms with Crippen LogP contribution in [-0.4, -0.2) is 5.48 Å². The summed E-state index contributed by atoms with van der Waals surface area (Å²) in [5, 5.41) is 2.65. The summed E-state index contributed by atoms with van der Waals surface area (Å²) >= 11 is 0. The van der Waals surface area contributed by atoms with Crippen molar-refractivity contribution in [3.05, 3.63) is 70.9 Å². The summed E-state index contributed by atoms with van der Waals surface area (Å²) < 4.78 is 5.59. The molecule has 1 heterocycles. The van der Waals surface area contributed by atoms with Gasteiger partial charge in [0.25, 0.3) is 0 Å². The van der Waals surface area contributed by atoms with E-state index in [4.69, 9.17) is 4.74 Å². The third kappa shape index (κ3) is 4.69. The predicted octanol–water partition coefficient (Wildman–Crippen LogP) is 2.64. The van der Waals surface area contributed by atoms with E-state index in [0.717, 1.165) is 11.1 Å². The van der Waals surface area contributed by atoms with Crippen molar-refractivity contribution in [2.75, 3.05) is 0 Å². The van der Waals surface area contributed by atoms with E-state index >= 15 is 0 Å². The lowest BCUT2D eigenvalue weighted by Crippen LogP contribution is -2.09. The zero-order valence-corrected chi connectivity index (χ0v) is 10.2. The van der Waals surface area contributed by atoms with Gasteiger partial charge in [-0.1, -0.05) is 30.3 Å². The highest BCUT2D eigenvalue weighted by Crippen LogP contribution is 2.07. The van der Waals surface area contributed by atoms with Gasteiger partial charge >= 0.3 is 5.88 Å². The van der Waals surface area contributed by atoms with Crippen molar-refractivity contribution in [1.82, 2.24) is 0 Å². The van der Waals surface area contributed by atoms with Crippen LogP contribution >= 0.6 is 0 Å². The molecule has 1 aromatic carbocycles. The molecule has 0 aliphatic rings. The Morgan fingerprint density at radius 1 is 1.16 bits per heavy atom. The molecule has 2 N–H and O–H groups in total. The Labute approximate surface area is 110 Å². The van der Waals surface area contributed by atoms with Gasteiger partial charge in [0, 0.05) is 5.56 Å². The number of pyridine rings is 1. The number of nitrogens with one attached hydrogen (secondary N) is 1. The second-order valence-corrected chi connectivity index (χ2v) is 3.68. The van der Waals surface area contributed by atoms with Crippen LogP contribution in [0.1, 0.15) is 11.1 Å². The summed E-state index contributed by atoms with van der Waals surface area (Å²) in [5.74, 6) is 0.676. The molecule has 0 radical (unpaired) electrons. The first-order chi connectivity index (χ1) is 8.88. The summed E-state index contributed by atoms with van der Waals surface area (Å²) in [7, 11) is 0. The monoisotopic (exact) mass is 258 g/mol. The van der Waals surface area contributed by atoms with Gasteiger partial charge in [-0.15, -0.1) is 4.91 Å². The minimum absolute atomic E-state index is 0. The van der Waals surface area contributed by atoms with Gasteiger partial charge in [0.15, 0.2) is 6.20 Å². The van der Waals surface area contributed by atoms with Crippen LogP contribution in [0.5, 0.6) is 5.88 Å². The number of aromatic nitrogens is 1. The average molecular weight is 258 g/mol. The largest absolute Gasteiger partial charge is 0.870 e. The zero-order chi connectivity index (χ0) is 12.6. The van der Waals surface area contributed by atoms with E-state index in [0.29, 0.717) is 12.5 Å². The molecule has 19 heavy (non-hydrogen) atoms. The number of nitrogens with zero attached hydrogens (tertiary/aromatic N) is 1. The smallest absolute Gasteiger partial charge is 0.366 e. The maximum Gasteiger partial charge on any atom is 0.366 e. The molecule has 0 fully saturated rings. The Bertz CT molecular complexity index is 524. The molecule has 5 heteroatoms. The van der Waals surface area contributed by atoms with Gasteiger partial charge < -0.3 is 10.2 Å². The topological polar surface area (TPSA) is 82.8 Å². The first-order valence-electron chi connectivity index (χ1n) is 5.56. The number of nitroso groups, excluding NO2 is 1. The molecule has 0 bridgehead atoms. The van der Waals surface area contributed by atoms with Crippen molar-refractivity contribution in [1.29, 1.82) is 0 Å². The average Bonchev–Trinajstić information content (AvgIpc) is 2.45. The first-order valence-corrected chi connectivity index (χ1v) is 5.56. The lowest BCUT2D eigenvalue weighted by atomic mass is 10.2. The minimum Gasteiger partial charge on any atom is -0.870 e. The Balaban J connectivity index is 0.00000180. The molecular formula is C14H14N2O3. The zero-order valence-electron chi connectivity index (χ0n) is 10.2. The Kier molecular flexibility index (Phi) is 5.91. The van der Waals surface area contributed by atoms with E-state index in [2.05, 4.69) is 10.2 Å². The maximum atomic E-state index is 9.93. The van der Waals surface area contributed by atoms with E-state index < -0.39 is 0 Å². The lowest BCUT2D eigenvalue weighted by Gasteiger charge is -2.01. The number of rotatable bonds is 5. The first kappa shape index (κ1) is 14.5. The van der Waals surface area contributed by atoms with Crippen LogP contribution in [0.4, 0.5) is 0 Å². The summed E-state index contributed by atoms with van der Waals surface area (Å²) in [6.07, 6.45) is 4.57. The molecule has 1 aromatic heterocycles. The number of ether oxygens (including phenoxy) is 1. The number of hydrogen-bond acceptors (Lipinski definition) is 4. The molecule has 0 saturated heterocycles. The highest BCUT2D eigenvalue weighted by atomic mass is 16.5. The van der Waals surface area contributed by atoms with Crippen molar-refractivity contribution in [3.8, 4) is 5.88 Å². The predicted molar refractivity (Wildman–Crippen MR) is 70.5 cm³/mol. The van der Waals surface area contributed by atoms with Crippen LogP contribution in [0.3, 0.4) is 0 Å². The molecule has 0 spiro atoms. The Hall–Kier alpha value is -2.53. The molecule has 0 atom stereocenters. The number of benzene rings is 1. The van der Waals surface area contributed by atoms with Gasteiger partial charge in [-0.3, -0.25) is 0 Å². The standard InChI is InChI=1S/C14H12N2O2.H2O/c17-16-9-8-12-6-7-14(15-10-12)18-11-13-4-2-1-3-5-13;/h1-10H,11H2;1H2/b9-8+;. The molecule has 2 rings (SSSR count). The van der Waals surface area contributed by atoms with Crippen molar-refractivity contribution in [2.45, 2.75) is 6.61 Å². The maximum absolute atomic E-state index is 9.93. The summed E-state index contributed by atoms with van der Waals surface area (Å²) in [6.45, 7) is 0.516. The number of hydrogen-bond donors (Lipinski definition) is 0. The van der Waals surface area contributed by atoms with Crippen LogP contribution < -0.4 is 9.72 Å². The lowest BCUT2D eigenvalue weighted by molar-refractivity contribution is -0.395. The SMILES string of the molecule is O=N/C=C/c1ccc(OCc2ccccc2)[nH+]c1.[OH-]. The molecule has 98 valence electrons. The van der Waals surface area contributed by atoms with Gasteiger partial charge in [-0.2, -0.15) is 4.98 Å². The Morgan fingerprint density at radius 3 is 2.58 bits per heavy atom. The molecule has 0 amide bonds. The van der Waals surface area contributed by atoms with Crippen LogP contribution in [0.2, 0.25) is 0 Å². The number of H-pyrrole nitrogens is 1. The van der Waals surface area contributed by atoms with Gasteiger partial charge in [0.05, 0.1) is 12.3 Å². The molecule has 2 aromatic rings. The van der Waals surface area contributed by atoms with Crippen molar-refractivity contribution in [2.24, 2.45) is 5.18 Å². The van der Waals surface area contributed by atoms with Crippen molar-refractivity contribution in [3.63, 3.8) is 0 Å². The van der Waals surface area contributed by atoms with E-state index in [1.807, 2.05) is 42.5 Å². The van der Waals surface area contributed by atoms with E-state index in [1.165, 1.54) is 6.20 Å². The quantitative estimate of drug-likeness (QED) is 0.773. The molecule has 0 aliphatic heterocycles. The fraction of sp³-hybridized carbons (Fsp3) is 0.0714. The van der Waals surface area contributed by atoms with Crippen LogP contribution in [-0.2, 0) is 6.61 Å². The van der Waals surface area contributed by atoms with E-state index in [-0.39, 0.29) is 5.48 Å². The highest BCUT2D eigenvalue weighted by molar-refractivity contribution is 5.46. The van der Waals surface area contributed by atoms with Gasteiger partial charge in [-0.05, 0) is 22.9 Å².